The van der Waals surface area contributed by atoms with Gasteiger partial charge < -0.3 is 11.1 Å². The van der Waals surface area contributed by atoms with Crippen LogP contribution in [0, 0.1) is 6.92 Å². The van der Waals surface area contributed by atoms with Crippen LogP contribution in [-0.2, 0) is 11.3 Å². The molecule has 0 bridgehead atoms. The van der Waals surface area contributed by atoms with Crippen molar-refractivity contribution in [2.75, 3.05) is 12.0 Å². The van der Waals surface area contributed by atoms with E-state index < -0.39 is 6.04 Å². The van der Waals surface area contributed by atoms with Gasteiger partial charge in [-0.2, -0.15) is 11.8 Å². The highest BCUT2D eigenvalue weighted by Crippen LogP contribution is 2.07. The highest BCUT2D eigenvalue weighted by atomic mass is 32.2. The molecular formula is C10H17N3OS2. The maximum Gasteiger partial charge on any atom is 0.237 e. The zero-order valence-electron chi connectivity index (χ0n) is 9.53. The van der Waals surface area contributed by atoms with Crippen LogP contribution in [0.3, 0.4) is 0 Å². The van der Waals surface area contributed by atoms with E-state index in [1.165, 1.54) is 0 Å². The third kappa shape index (κ3) is 4.51. The van der Waals surface area contributed by atoms with Gasteiger partial charge >= 0.3 is 0 Å². The normalized spacial score (nSPS) is 12.4. The predicted molar refractivity (Wildman–Crippen MR) is 69.7 cm³/mol. The van der Waals surface area contributed by atoms with Crippen molar-refractivity contribution >= 4 is 29.0 Å². The minimum atomic E-state index is -0.410. The summed E-state index contributed by atoms with van der Waals surface area (Å²) in [6.07, 6.45) is 2.71. The van der Waals surface area contributed by atoms with Gasteiger partial charge in [-0.3, -0.25) is 4.79 Å². The Balaban J connectivity index is 2.29. The first-order valence-corrected chi connectivity index (χ1v) is 7.34. The largest absolute Gasteiger partial charge is 0.349 e. The molecule has 1 heterocycles. The average molecular weight is 259 g/mol. The Morgan fingerprint density at radius 1 is 1.75 bits per heavy atom. The summed E-state index contributed by atoms with van der Waals surface area (Å²) in [5.74, 6) is 0.810. The van der Waals surface area contributed by atoms with E-state index in [2.05, 4.69) is 10.3 Å². The molecule has 3 N–H and O–H groups in total. The van der Waals surface area contributed by atoms with Gasteiger partial charge in [0.2, 0.25) is 5.91 Å². The quantitative estimate of drug-likeness (QED) is 0.804. The van der Waals surface area contributed by atoms with Gasteiger partial charge in [0.1, 0.15) is 0 Å². The van der Waals surface area contributed by atoms with E-state index in [0.29, 0.717) is 13.0 Å². The summed E-state index contributed by atoms with van der Waals surface area (Å²) in [6, 6.07) is -0.410. The topological polar surface area (TPSA) is 68.0 Å². The number of hydrogen-bond acceptors (Lipinski definition) is 5. The molecule has 0 spiro atoms. The lowest BCUT2D eigenvalue weighted by Gasteiger charge is -2.10. The van der Waals surface area contributed by atoms with Crippen LogP contribution in [0.15, 0.2) is 5.38 Å². The molecule has 16 heavy (non-hydrogen) atoms. The molecule has 0 aromatic carbocycles. The van der Waals surface area contributed by atoms with Gasteiger partial charge in [-0.15, -0.1) is 11.3 Å². The van der Waals surface area contributed by atoms with Crippen LogP contribution in [-0.4, -0.2) is 28.9 Å². The maximum absolute atomic E-state index is 11.6. The summed E-state index contributed by atoms with van der Waals surface area (Å²) >= 11 is 3.28. The van der Waals surface area contributed by atoms with Crippen LogP contribution in [0.25, 0.3) is 0 Å². The zero-order chi connectivity index (χ0) is 12.0. The van der Waals surface area contributed by atoms with Crippen molar-refractivity contribution < 1.29 is 4.79 Å². The standard InChI is InChI=1S/C10H17N3OS2/c1-7-13-8(6-16-7)5-12-10(14)9(11)3-4-15-2/h6,9H,3-5,11H2,1-2H3,(H,12,14)/t9-/m1/s1. The highest BCUT2D eigenvalue weighted by molar-refractivity contribution is 7.98. The number of carbonyl (C=O) groups is 1. The fraction of sp³-hybridized carbons (Fsp3) is 0.600. The summed E-state index contributed by atoms with van der Waals surface area (Å²) in [5.41, 5.74) is 6.63. The first-order chi connectivity index (χ1) is 7.63. The molecule has 0 aliphatic rings. The van der Waals surface area contributed by atoms with Crippen LogP contribution in [0.4, 0.5) is 0 Å². The number of thiazole rings is 1. The first kappa shape index (κ1) is 13.5. The van der Waals surface area contributed by atoms with Gasteiger partial charge in [0.15, 0.2) is 0 Å². The Morgan fingerprint density at radius 3 is 3.06 bits per heavy atom. The Bertz CT molecular complexity index is 341. The summed E-state index contributed by atoms with van der Waals surface area (Å²) in [7, 11) is 0. The third-order valence-corrected chi connectivity index (χ3v) is 3.55. The van der Waals surface area contributed by atoms with Crippen molar-refractivity contribution in [1.82, 2.24) is 10.3 Å². The van der Waals surface area contributed by atoms with Gasteiger partial charge in [-0.05, 0) is 25.4 Å². The number of thioether (sulfide) groups is 1. The van der Waals surface area contributed by atoms with Crippen molar-refractivity contribution in [2.45, 2.75) is 25.9 Å². The van der Waals surface area contributed by atoms with E-state index in [1.807, 2.05) is 18.6 Å². The van der Waals surface area contributed by atoms with Crippen molar-refractivity contribution in [1.29, 1.82) is 0 Å². The minimum absolute atomic E-state index is 0.0975. The maximum atomic E-state index is 11.6. The van der Waals surface area contributed by atoms with E-state index in [9.17, 15) is 4.79 Å². The second-order valence-corrected chi connectivity index (χ2v) is 5.51. The zero-order valence-corrected chi connectivity index (χ0v) is 11.2. The lowest BCUT2D eigenvalue weighted by molar-refractivity contribution is -0.122. The van der Waals surface area contributed by atoms with Gasteiger partial charge in [-0.1, -0.05) is 0 Å². The smallest absolute Gasteiger partial charge is 0.237 e. The number of nitrogens with zero attached hydrogens (tertiary/aromatic N) is 1. The molecule has 0 unspecified atom stereocenters. The highest BCUT2D eigenvalue weighted by Gasteiger charge is 2.12. The number of hydrogen-bond donors (Lipinski definition) is 2. The third-order valence-electron chi connectivity index (χ3n) is 2.08. The molecule has 90 valence electrons. The molecule has 0 aliphatic heterocycles. The number of aryl methyl sites for hydroxylation is 1. The van der Waals surface area contributed by atoms with Crippen LogP contribution in [0.1, 0.15) is 17.1 Å². The van der Waals surface area contributed by atoms with Crippen molar-refractivity contribution in [3.8, 4) is 0 Å². The number of nitrogens with one attached hydrogen (secondary N) is 1. The Kier molecular flexibility index (Phi) is 5.79. The Labute approximate surface area is 104 Å². The Morgan fingerprint density at radius 2 is 2.50 bits per heavy atom. The molecule has 0 saturated carbocycles. The lowest BCUT2D eigenvalue weighted by atomic mass is 10.2. The van der Waals surface area contributed by atoms with Crippen LogP contribution >= 0.6 is 23.1 Å². The predicted octanol–water partition coefficient (Wildman–Crippen LogP) is 1.15. The van der Waals surface area contributed by atoms with E-state index >= 15 is 0 Å². The molecule has 0 saturated heterocycles. The fourth-order valence-corrected chi connectivity index (χ4v) is 2.28. The molecule has 1 rings (SSSR count). The van der Waals surface area contributed by atoms with Crippen LogP contribution in [0.2, 0.25) is 0 Å². The van der Waals surface area contributed by atoms with Crippen LogP contribution in [0.5, 0.6) is 0 Å². The molecule has 1 atom stereocenters. The number of amides is 1. The summed E-state index contributed by atoms with van der Waals surface area (Å²) in [5, 5.41) is 5.75. The summed E-state index contributed by atoms with van der Waals surface area (Å²) < 4.78 is 0. The molecule has 1 aromatic rings. The summed E-state index contributed by atoms with van der Waals surface area (Å²) in [6.45, 7) is 2.41. The van der Waals surface area contributed by atoms with E-state index in [1.54, 1.807) is 23.1 Å². The second-order valence-electron chi connectivity index (χ2n) is 3.46. The van der Waals surface area contributed by atoms with Crippen molar-refractivity contribution in [2.24, 2.45) is 5.73 Å². The van der Waals surface area contributed by atoms with Crippen molar-refractivity contribution in [3.05, 3.63) is 16.1 Å². The van der Waals surface area contributed by atoms with Gasteiger partial charge in [0.05, 0.1) is 23.3 Å². The van der Waals surface area contributed by atoms with E-state index in [4.69, 9.17) is 5.73 Å². The molecule has 0 aliphatic carbocycles. The number of rotatable bonds is 6. The summed E-state index contributed by atoms with van der Waals surface area (Å²) in [4.78, 5) is 15.8. The number of carbonyl (C=O) groups excluding carboxylic acids is 1. The molecule has 0 radical (unpaired) electrons. The van der Waals surface area contributed by atoms with Gasteiger partial charge in [0.25, 0.3) is 0 Å². The second kappa shape index (κ2) is 6.88. The number of aromatic nitrogens is 1. The van der Waals surface area contributed by atoms with E-state index in [0.717, 1.165) is 16.5 Å². The molecule has 1 amide bonds. The Hall–Kier alpha value is -0.590. The molecule has 1 aromatic heterocycles. The van der Waals surface area contributed by atoms with Gasteiger partial charge in [-0.25, -0.2) is 4.98 Å². The number of nitrogens with two attached hydrogens (primary N) is 1. The minimum Gasteiger partial charge on any atom is -0.349 e. The first-order valence-electron chi connectivity index (χ1n) is 5.06. The molecular weight excluding hydrogens is 242 g/mol. The van der Waals surface area contributed by atoms with E-state index in [-0.39, 0.29) is 5.91 Å². The monoisotopic (exact) mass is 259 g/mol. The molecule has 0 fully saturated rings. The average Bonchev–Trinajstić information content (AvgIpc) is 2.68. The SMILES string of the molecule is CSCC[C@@H](N)C(=O)NCc1csc(C)n1. The molecule has 6 heteroatoms. The lowest BCUT2D eigenvalue weighted by Crippen LogP contribution is -2.40. The fourth-order valence-electron chi connectivity index (χ4n) is 1.17. The van der Waals surface area contributed by atoms with Gasteiger partial charge in [0, 0.05) is 5.38 Å². The van der Waals surface area contributed by atoms with Crippen LogP contribution < -0.4 is 11.1 Å². The molecule has 4 nitrogen and oxygen atoms in total. The van der Waals surface area contributed by atoms with Crippen molar-refractivity contribution in [3.63, 3.8) is 0 Å².